The molecule has 1 atom stereocenters. The van der Waals surface area contributed by atoms with Crippen molar-refractivity contribution in [1.82, 2.24) is 19.4 Å². The third kappa shape index (κ3) is 4.89. The fourth-order valence-corrected chi connectivity index (χ4v) is 4.63. The molecule has 1 aromatic heterocycles. The molecule has 1 aromatic carbocycles. The van der Waals surface area contributed by atoms with Crippen molar-refractivity contribution < 1.29 is 4.39 Å². The first-order valence-corrected chi connectivity index (χ1v) is 11.6. The van der Waals surface area contributed by atoms with Crippen LogP contribution in [0, 0.1) is 5.82 Å². The van der Waals surface area contributed by atoms with Crippen molar-refractivity contribution >= 4 is 26.8 Å². The van der Waals surface area contributed by atoms with Gasteiger partial charge in [0.1, 0.15) is 11.6 Å². The average molecular weight is 467 g/mol. The zero-order valence-electron chi connectivity index (χ0n) is 17.8. The number of likely N-dealkylation sites (N-methyl/N-ethyl adjacent to an activating group) is 1. The number of hydrogen-bond acceptors (Lipinski definition) is 4. The highest BCUT2D eigenvalue weighted by Gasteiger charge is 2.27. The highest BCUT2D eigenvalue weighted by atomic mass is 79.9. The summed E-state index contributed by atoms with van der Waals surface area (Å²) in [6.45, 7) is 12.3. The molecule has 0 N–H and O–H groups in total. The monoisotopic (exact) mass is 466 g/mol. The standard InChI is InChI=1S/C22H32BrFN4O/c1-4-8-20(27-11-7-10-26(6-3)12-13-27)21-25-19-15-17(23)18(24)14-16(19)22(29)28(21)9-5-2/h14-15,20H,4-13H2,1-3H3. The summed E-state index contributed by atoms with van der Waals surface area (Å²) in [5, 5.41) is 0.353. The van der Waals surface area contributed by atoms with Crippen molar-refractivity contribution in [2.75, 3.05) is 32.7 Å². The van der Waals surface area contributed by atoms with E-state index >= 15 is 0 Å². The van der Waals surface area contributed by atoms with Crippen molar-refractivity contribution in [2.45, 2.75) is 59.0 Å². The van der Waals surface area contributed by atoms with Gasteiger partial charge in [-0.05, 0) is 60.4 Å². The Hall–Kier alpha value is -1.31. The molecule has 2 aromatic rings. The predicted molar refractivity (Wildman–Crippen MR) is 120 cm³/mol. The number of nitrogens with zero attached hydrogens (tertiary/aromatic N) is 4. The lowest BCUT2D eigenvalue weighted by molar-refractivity contribution is 0.177. The summed E-state index contributed by atoms with van der Waals surface area (Å²) in [5.41, 5.74) is 0.432. The Morgan fingerprint density at radius 2 is 1.93 bits per heavy atom. The second-order valence-electron chi connectivity index (χ2n) is 7.84. The van der Waals surface area contributed by atoms with Gasteiger partial charge in [0.2, 0.25) is 0 Å². The summed E-state index contributed by atoms with van der Waals surface area (Å²) < 4.78 is 16.2. The topological polar surface area (TPSA) is 41.4 Å². The minimum Gasteiger partial charge on any atom is -0.302 e. The van der Waals surface area contributed by atoms with Crippen molar-refractivity contribution in [1.29, 1.82) is 0 Å². The number of benzene rings is 1. The van der Waals surface area contributed by atoms with Crippen molar-refractivity contribution in [3.63, 3.8) is 0 Å². The van der Waals surface area contributed by atoms with Crippen LogP contribution < -0.4 is 5.56 Å². The van der Waals surface area contributed by atoms with Crippen molar-refractivity contribution in [2.24, 2.45) is 0 Å². The van der Waals surface area contributed by atoms with E-state index in [2.05, 4.69) is 46.5 Å². The minimum absolute atomic E-state index is 0.101. The second kappa shape index (κ2) is 10.1. The number of hydrogen-bond donors (Lipinski definition) is 0. The van der Waals surface area contributed by atoms with Crippen LogP contribution in [0.1, 0.15) is 58.3 Å². The number of fused-ring (bicyclic) bond motifs is 1. The molecule has 0 bridgehead atoms. The van der Waals surface area contributed by atoms with E-state index in [4.69, 9.17) is 4.98 Å². The molecule has 0 amide bonds. The van der Waals surface area contributed by atoms with Gasteiger partial charge in [-0.3, -0.25) is 14.3 Å². The second-order valence-corrected chi connectivity index (χ2v) is 8.69. The molecule has 160 valence electrons. The van der Waals surface area contributed by atoms with Crippen LogP contribution >= 0.6 is 15.9 Å². The van der Waals surface area contributed by atoms with E-state index in [-0.39, 0.29) is 11.6 Å². The zero-order valence-corrected chi connectivity index (χ0v) is 19.3. The molecule has 2 heterocycles. The molecule has 0 aliphatic carbocycles. The van der Waals surface area contributed by atoms with Crippen LogP contribution in [0.3, 0.4) is 0 Å². The molecule has 1 aliphatic heterocycles. The Morgan fingerprint density at radius 3 is 2.62 bits per heavy atom. The van der Waals surface area contributed by atoms with Crippen molar-refractivity contribution in [3.05, 3.63) is 38.6 Å². The fourth-order valence-electron chi connectivity index (χ4n) is 4.29. The Balaban J connectivity index is 2.11. The van der Waals surface area contributed by atoms with Gasteiger partial charge in [0, 0.05) is 26.2 Å². The largest absolute Gasteiger partial charge is 0.302 e. The maximum Gasteiger partial charge on any atom is 0.261 e. The van der Waals surface area contributed by atoms with Crippen LogP contribution in [0.4, 0.5) is 4.39 Å². The zero-order chi connectivity index (χ0) is 21.0. The third-order valence-corrected chi connectivity index (χ3v) is 6.45. The van der Waals surface area contributed by atoms with Crippen LogP contribution in [0.25, 0.3) is 10.9 Å². The highest BCUT2D eigenvalue weighted by molar-refractivity contribution is 9.10. The predicted octanol–water partition coefficient (Wildman–Crippen LogP) is 4.58. The Morgan fingerprint density at radius 1 is 1.14 bits per heavy atom. The molecule has 1 fully saturated rings. The lowest BCUT2D eigenvalue weighted by Crippen LogP contribution is -2.37. The lowest BCUT2D eigenvalue weighted by atomic mass is 10.1. The smallest absolute Gasteiger partial charge is 0.261 e. The molecular weight excluding hydrogens is 435 g/mol. The molecule has 5 nitrogen and oxygen atoms in total. The Bertz CT molecular complexity index is 900. The van der Waals surface area contributed by atoms with Gasteiger partial charge in [0.05, 0.1) is 21.4 Å². The quantitative estimate of drug-likeness (QED) is 0.598. The first-order chi connectivity index (χ1) is 14.0. The summed E-state index contributed by atoms with van der Waals surface area (Å²) >= 11 is 3.24. The fraction of sp³-hybridized carbons (Fsp3) is 0.636. The average Bonchev–Trinajstić information content (AvgIpc) is 2.95. The molecule has 1 aliphatic rings. The molecule has 0 saturated carbocycles. The molecule has 0 spiro atoms. The van der Waals surface area contributed by atoms with Gasteiger partial charge in [-0.1, -0.05) is 27.2 Å². The third-order valence-electron chi connectivity index (χ3n) is 5.84. The Labute approximate surface area is 181 Å². The first-order valence-electron chi connectivity index (χ1n) is 10.9. The van der Waals surface area contributed by atoms with E-state index in [0.717, 1.165) is 64.2 Å². The van der Waals surface area contributed by atoms with Gasteiger partial charge >= 0.3 is 0 Å². The lowest BCUT2D eigenvalue weighted by Gasteiger charge is -2.32. The summed E-state index contributed by atoms with van der Waals surface area (Å²) in [5.74, 6) is 0.402. The molecule has 1 unspecified atom stereocenters. The summed E-state index contributed by atoms with van der Waals surface area (Å²) in [4.78, 5) is 23.2. The molecule has 0 radical (unpaired) electrons. The van der Waals surface area contributed by atoms with Crippen LogP contribution in [-0.4, -0.2) is 52.1 Å². The van der Waals surface area contributed by atoms with Crippen LogP contribution in [0.15, 0.2) is 21.4 Å². The highest BCUT2D eigenvalue weighted by Crippen LogP contribution is 2.28. The summed E-state index contributed by atoms with van der Waals surface area (Å²) in [6.07, 6.45) is 3.93. The molecular formula is C22H32BrFN4O. The molecule has 29 heavy (non-hydrogen) atoms. The van der Waals surface area contributed by atoms with E-state index in [1.807, 2.05) is 0 Å². The summed E-state index contributed by atoms with van der Waals surface area (Å²) in [6, 6.07) is 3.05. The van der Waals surface area contributed by atoms with Gasteiger partial charge in [-0.15, -0.1) is 0 Å². The van der Waals surface area contributed by atoms with Gasteiger partial charge in [-0.25, -0.2) is 9.37 Å². The van der Waals surface area contributed by atoms with Gasteiger partial charge in [-0.2, -0.15) is 0 Å². The van der Waals surface area contributed by atoms with E-state index in [9.17, 15) is 9.18 Å². The van der Waals surface area contributed by atoms with Gasteiger partial charge in [0.25, 0.3) is 5.56 Å². The molecule has 7 heteroatoms. The van der Waals surface area contributed by atoms with E-state index in [0.29, 0.717) is 21.9 Å². The van der Waals surface area contributed by atoms with E-state index < -0.39 is 5.82 Å². The SMILES string of the molecule is CCCC(c1nc2cc(Br)c(F)cc2c(=O)n1CCC)N1CCCN(CC)CC1. The Kier molecular flexibility index (Phi) is 7.82. The van der Waals surface area contributed by atoms with Crippen LogP contribution in [-0.2, 0) is 6.54 Å². The maximum absolute atomic E-state index is 14.1. The summed E-state index contributed by atoms with van der Waals surface area (Å²) in [7, 11) is 0. The minimum atomic E-state index is -0.426. The van der Waals surface area contributed by atoms with Crippen LogP contribution in [0.5, 0.6) is 0 Å². The van der Waals surface area contributed by atoms with E-state index in [1.165, 1.54) is 6.07 Å². The number of halogens is 2. The number of aromatic nitrogens is 2. The number of rotatable bonds is 7. The van der Waals surface area contributed by atoms with Gasteiger partial charge in [0.15, 0.2) is 0 Å². The normalized spacial score (nSPS) is 17.6. The van der Waals surface area contributed by atoms with E-state index in [1.54, 1.807) is 10.6 Å². The molecule has 1 saturated heterocycles. The van der Waals surface area contributed by atoms with Crippen LogP contribution in [0.2, 0.25) is 0 Å². The maximum atomic E-state index is 14.1. The molecule has 3 rings (SSSR count). The van der Waals surface area contributed by atoms with Crippen molar-refractivity contribution in [3.8, 4) is 0 Å². The van der Waals surface area contributed by atoms with Gasteiger partial charge < -0.3 is 4.90 Å². The first kappa shape index (κ1) is 22.4.